The third kappa shape index (κ3) is 2.32. The zero-order chi connectivity index (χ0) is 9.80. The Kier molecular flexibility index (Phi) is 2.78. The molecule has 1 aromatic heterocycles. The Morgan fingerprint density at radius 2 is 2.07 bits per heavy atom. The van der Waals surface area contributed by atoms with Crippen LogP contribution in [0.1, 0.15) is 12.8 Å². The number of rotatable bonds is 2. The lowest BCUT2D eigenvalue weighted by Crippen LogP contribution is -2.34. The summed E-state index contributed by atoms with van der Waals surface area (Å²) >= 11 is 0. The molecule has 5 nitrogen and oxygen atoms in total. The first kappa shape index (κ1) is 9.21. The number of ether oxygens (including phenoxy) is 1. The second-order valence-electron chi connectivity index (χ2n) is 3.36. The zero-order valence-corrected chi connectivity index (χ0v) is 7.94. The van der Waals surface area contributed by atoms with Crippen molar-refractivity contribution in [2.45, 2.75) is 18.9 Å². The molecule has 0 unspecified atom stereocenters. The molecule has 1 aliphatic rings. The minimum atomic E-state index is 0.258. The molecule has 0 radical (unpaired) electrons. The van der Waals surface area contributed by atoms with Gasteiger partial charge in [0.25, 0.3) is 0 Å². The molecule has 1 fully saturated rings. The summed E-state index contributed by atoms with van der Waals surface area (Å²) in [5.41, 5.74) is 5.42. The van der Waals surface area contributed by atoms with Crippen molar-refractivity contribution in [2.75, 3.05) is 18.8 Å². The van der Waals surface area contributed by atoms with Crippen LogP contribution in [-0.2, 0) is 0 Å². The van der Waals surface area contributed by atoms with Crippen LogP contribution in [0.25, 0.3) is 0 Å². The Labute approximate surface area is 82.7 Å². The predicted molar refractivity (Wildman–Crippen MR) is 53.0 cm³/mol. The van der Waals surface area contributed by atoms with E-state index in [4.69, 9.17) is 10.5 Å². The Bertz CT molecular complexity index is 281. The van der Waals surface area contributed by atoms with Crippen molar-refractivity contribution in [3.63, 3.8) is 0 Å². The second kappa shape index (κ2) is 4.23. The van der Waals surface area contributed by atoms with Crippen molar-refractivity contribution in [2.24, 2.45) is 0 Å². The van der Waals surface area contributed by atoms with Crippen molar-refractivity contribution >= 4 is 5.82 Å². The molecule has 0 atom stereocenters. The van der Waals surface area contributed by atoms with Crippen molar-refractivity contribution in [1.82, 2.24) is 15.5 Å². The van der Waals surface area contributed by atoms with Crippen LogP contribution in [0.5, 0.6) is 5.88 Å². The van der Waals surface area contributed by atoms with Crippen LogP contribution in [0.3, 0.4) is 0 Å². The summed E-state index contributed by atoms with van der Waals surface area (Å²) in [4.78, 5) is 0. The first-order valence-corrected chi connectivity index (χ1v) is 4.81. The van der Waals surface area contributed by atoms with E-state index < -0.39 is 0 Å². The number of aromatic nitrogens is 2. The van der Waals surface area contributed by atoms with Gasteiger partial charge in [0.15, 0.2) is 0 Å². The van der Waals surface area contributed by atoms with Gasteiger partial charge in [0.05, 0.1) is 0 Å². The average molecular weight is 194 g/mol. The third-order valence-corrected chi connectivity index (χ3v) is 2.23. The number of hydrogen-bond donors (Lipinski definition) is 2. The Balaban J connectivity index is 1.92. The summed E-state index contributed by atoms with van der Waals surface area (Å²) in [6.45, 7) is 2.01. The van der Waals surface area contributed by atoms with E-state index in [2.05, 4.69) is 15.5 Å². The summed E-state index contributed by atoms with van der Waals surface area (Å²) in [6.07, 6.45) is 2.30. The van der Waals surface area contributed by atoms with E-state index >= 15 is 0 Å². The highest BCUT2D eigenvalue weighted by Crippen LogP contribution is 2.13. The molecule has 14 heavy (non-hydrogen) atoms. The molecule has 5 heteroatoms. The maximum absolute atomic E-state index is 5.64. The Morgan fingerprint density at radius 3 is 2.71 bits per heavy atom. The van der Waals surface area contributed by atoms with Crippen molar-refractivity contribution < 1.29 is 4.74 Å². The number of nitrogens with zero attached hydrogens (tertiary/aromatic N) is 2. The van der Waals surface area contributed by atoms with E-state index in [1.54, 1.807) is 12.1 Å². The molecule has 1 aromatic rings. The minimum Gasteiger partial charge on any atom is -0.473 e. The fourth-order valence-electron chi connectivity index (χ4n) is 1.48. The van der Waals surface area contributed by atoms with Crippen LogP contribution in [0, 0.1) is 0 Å². The van der Waals surface area contributed by atoms with Crippen molar-refractivity contribution in [1.29, 1.82) is 0 Å². The Hall–Kier alpha value is -1.36. The van der Waals surface area contributed by atoms with Crippen LogP contribution in [0.4, 0.5) is 5.82 Å². The van der Waals surface area contributed by atoms with E-state index in [1.807, 2.05) is 0 Å². The first-order valence-electron chi connectivity index (χ1n) is 4.81. The highest BCUT2D eigenvalue weighted by Gasteiger charge is 2.14. The van der Waals surface area contributed by atoms with Gasteiger partial charge in [-0.3, -0.25) is 0 Å². The average Bonchev–Trinajstić information content (AvgIpc) is 2.23. The quantitative estimate of drug-likeness (QED) is 0.703. The number of nitrogens with one attached hydrogen (secondary N) is 1. The monoisotopic (exact) mass is 194 g/mol. The smallest absolute Gasteiger partial charge is 0.233 e. The van der Waals surface area contributed by atoms with Crippen LogP contribution in [-0.4, -0.2) is 29.4 Å². The molecular weight excluding hydrogens is 180 g/mol. The molecule has 0 bridgehead atoms. The number of nitrogen functional groups attached to an aromatic ring is 1. The normalized spacial score (nSPS) is 18.0. The maximum atomic E-state index is 5.64. The van der Waals surface area contributed by atoms with Crippen LogP contribution in [0.2, 0.25) is 0 Å². The van der Waals surface area contributed by atoms with Gasteiger partial charge in [-0.2, -0.15) is 0 Å². The van der Waals surface area contributed by atoms with E-state index in [0.717, 1.165) is 25.9 Å². The lowest BCUT2D eigenvalue weighted by molar-refractivity contribution is 0.154. The zero-order valence-electron chi connectivity index (χ0n) is 7.94. The van der Waals surface area contributed by atoms with Crippen molar-refractivity contribution in [3.05, 3.63) is 12.1 Å². The van der Waals surface area contributed by atoms with Gasteiger partial charge in [-0.05, 0) is 32.0 Å². The van der Waals surface area contributed by atoms with Gasteiger partial charge >= 0.3 is 0 Å². The van der Waals surface area contributed by atoms with Crippen molar-refractivity contribution in [3.8, 4) is 5.88 Å². The maximum Gasteiger partial charge on any atom is 0.233 e. The number of nitrogens with two attached hydrogens (primary N) is 1. The molecule has 0 aromatic carbocycles. The van der Waals surface area contributed by atoms with Gasteiger partial charge < -0.3 is 15.8 Å². The summed E-state index contributed by atoms with van der Waals surface area (Å²) in [7, 11) is 0. The summed E-state index contributed by atoms with van der Waals surface area (Å²) in [5, 5.41) is 10.9. The topological polar surface area (TPSA) is 73.1 Å². The fourth-order valence-corrected chi connectivity index (χ4v) is 1.48. The van der Waals surface area contributed by atoms with Crippen LogP contribution in [0.15, 0.2) is 12.1 Å². The van der Waals surface area contributed by atoms with Gasteiger partial charge in [0.1, 0.15) is 11.9 Å². The largest absolute Gasteiger partial charge is 0.473 e. The highest BCUT2D eigenvalue weighted by atomic mass is 16.5. The number of piperidine rings is 1. The molecule has 76 valence electrons. The van der Waals surface area contributed by atoms with Crippen LogP contribution < -0.4 is 15.8 Å². The van der Waals surface area contributed by atoms with Gasteiger partial charge in [0, 0.05) is 6.07 Å². The minimum absolute atomic E-state index is 0.258. The van der Waals surface area contributed by atoms with E-state index in [-0.39, 0.29) is 6.10 Å². The molecule has 0 spiro atoms. The summed E-state index contributed by atoms with van der Waals surface area (Å²) in [6, 6.07) is 3.45. The number of hydrogen-bond acceptors (Lipinski definition) is 5. The highest BCUT2D eigenvalue weighted by molar-refractivity contribution is 5.27. The molecule has 0 aliphatic carbocycles. The third-order valence-electron chi connectivity index (χ3n) is 2.23. The lowest BCUT2D eigenvalue weighted by Gasteiger charge is -2.22. The molecule has 2 heterocycles. The molecule has 0 saturated carbocycles. The van der Waals surface area contributed by atoms with Gasteiger partial charge in [-0.1, -0.05) is 0 Å². The van der Waals surface area contributed by atoms with E-state index in [1.165, 1.54) is 0 Å². The molecule has 1 aliphatic heterocycles. The molecule has 0 amide bonds. The lowest BCUT2D eigenvalue weighted by atomic mass is 10.1. The molecule has 3 N–H and O–H groups in total. The summed E-state index contributed by atoms with van der Waals surface area (Å²) in [5.74, 6) is 0.980. The number of anilines is 1. The molecular formula is C9H14N4O. The van der Waals surface area contributed by atoms with Gasteiger partial charge in [-0.15, -0.1) is 10.2 Å². The van der Waals surface area contributed by atoms with E-state index in [9.17, 15) is 0 Å². The fraction of sp³-hybridized carbons (Fsp3) is 0.556. The van der Waals surface area contributed by atoms with Gasteiger partial charge in [0.2, 0.25) is 5.88 Å². The van der Waals surface area contributed by atoms with Gasteiger partial charge in [-0.25, -0.2) is 0 Å². The van der Waals surface area contributed by atoms with Crippen LogP contribution >= 0.6 is 0 Å². The summed E-state index contributed by atoms with van der Waals surface area (Å²) < 4.78 is 5.64. The first-order chi connectivity index (χ1) is 6.84. The Morgan fingerprint density at radius 1 is 1.29 bits per heavy atom. The molecule has 1 saturated heterocycles. The predicted octanol–water partition coefficient (Wildman–Crippen LogP) is 0.190. The second-order valence-corrected chi connectivity index (χ2v) is 3.36. The van der Waals surface area contributed by atoms with E-state index in [0.29, 0.717) is 11.7 Å². The molecule has 2 rings (SSSR count). The standard InChI is InChI=1S/C9H14N4O/c10-8-1-2-9(13-12-8)14-7-3-5-11-6-4-7/h1-2,7,11H,3-6H2,(H2,10,12). The SMILES string of the molecule is Nc1ccc(OC2CCNCC2)nn1.